The van der Waals surface area contributed by atoms with E-state index < -0.39 is 24.6 Å². The van der Waals surface area contributed by atoms with Crippen molar-refractivity contribution in [2.45, 2.75) is 24.6 Å². The van der Waals surface area contributed by atoms with Crippen molar-refractivity contribution in [2.24, 2.45) is 5.10 Å². The van der Waals surface area contributed by atoms with E-state index in [0.29, 0.717) is 5.01 Å². The van der Waals surface area contributed by atoms with Crippen LogP contribution in [0.3, 0.4) is 0 Å². The summed E-state index contributed by atoms with van der Waals surface area (Å²) in [6, 6.07) is 0. The molecule has 0 radical (unpaired) electrons. The number of rotatable bonds is 3. The Morgan fingerprint density at radius 2 is 1.94 bits per heavy atom. The lowest BCUT2D eigenvalue weighted by Crippen LogP contribution is -2.53. The van der Waals surface area contributed by atoms with Crippen molar-refractivity contribution < 1.29 is 27.8 Å². The Kier molecular flexibility index (Phi) is 3.46. The number of methoxy groups -OCH3 is 2. The molecular formula is C8H13F3N2O3. The van der Waals surface area contributed by atoms with E-state index in [9.17, 15) is 18.3 Å². The molecule has 8 heteroatoms. The Balaban J connectivity index is 2.89. The molecule has 0 saturated carbocycles. The number of hydrogen-bond donors (Lipinski definition) is 1. The lowest BCUT2D eigenvalue weighted by Gasteiger charge is -2.31. The zero-order valence-corrected chi connectivity index (χ0v) is 9.08. The molecule has 0 aromatic carbocycles. The number of alkyl halides is 3. The van der Waals surface area contributed by atoms with Gasteiger partial charge < -0.3 is 14.6 Å². The van der Waals surface area contributed by atoms with Crippen LogP contribution >= 0.6 is 0 Å². The van der Waals surface area contributed by atoms with Gasteiger partial charge in [-0.2, -0.15) is 18.3 Å². The average molecular weight is 242 g/mol. The van der Waals surface area contributed by atoms with E-state index in [1.165, 1.54) is 14.2 Å². The minimum Gasteiger partial charge on any atom is -0.362 e. The predicted molar refractivity (Wildman–Crippen MR) is 48.6 cm³/mol. The van der Waals surface area contributed by atoms with E-state index in [-0.39, 0.29) is 5.71 Å². The van der Waals surface area contributed by atoms with Crippen molar-refractivity contribution in [3.8, 4) is 0 Å². The van der Waals surface area contributed by atoms with Crippen LogP contribution in [-0.2, 0) is 9.47 Å². The standard InChI is InChI=1S/C8H13F3N2O3/c1-13-7(14,8(9,10)11)4-5(12-13)6(15-2)16-3/h6,14H,4H2,1-3H3. The monoisotopic (exact) mass is 242 g/mol. The highest BCUT2D eigenvalue weighted by molar-refractivity contribution is 5.89. The molecule has 5 nitrogen and oxygen atoms in total. The Morgan fingerprint density at radius 3 is 2.25 bits per heavy atom. The lowest BCUT2D eigenvalue weighted by molar-refractivity contribution is -0.304. The van der Waals surface area contributed by atoms with E-state index in [2.05, 4.69) is 5.10 Å². The summed E-state index contributed by atoms with van der Waals surface area (Å²) in [5, 5.41) is 13.5. The maximum atomic E-state index is 12.6. The fourth-order valence-electron chi connectivity index (χ4n) is 1.46. The van der Waals surface area contributed by atoms with Gasteiger partial charge in [-0.1, -0.05) is 0 Å². The summed E-state index contributed by atoms with van der Waals surface area (Å²) in [6.07, 6.45) is -6.47. The smallest absolute Gasteiger partial charge is 0.362 e. The minimum absolute atomic E-state index is 0.00711. The van der Waals surface area contributed by atoms with Crippen LogP contribution in [0.2, 0.25) is 0 Å². The van der Waals surface area contributed by atoms with Crippen LogP contribution in [-0.4, -0.2) is 55.3 Å². The van der Waals surface area contributed by atoms with Crippen molar-refractivity contribution in [3.63, 3.8) is 0 Å². The number of hydrogen-bond acceptors (Lipinski definition) is 5. The van der Waals surface area contributed by atoms with Crippen molar-refractivity contribution in [1.82, 2.24) is 5.01 Å². The van der Waals surface area contributed by atoms with Crippen molar-refractivity contribution >= 4 is 5.71 Å². The van der Waals surface area contributed by atoms with E-state index in [4.69, 9.17) is 9.47 Å². The molecule has 0 aromatic rings. The zero-order chi connectivity index (χ0) is 12.6. The molecule has 0 amide bonds. The normalized spacial score (nSPS) is 26.5. The van der Waals surface area contributed by atoms with Crippen LogP contribution in [0.25, 0.3) is 0 Å². The molecule has 1 unspecified atom stereocenters. The summed E-state index contributed by atoms with van der Waals surface area (Å²) in [6.45, 7) is 0. The Labute approximate surface area is 90.4 Å². The highest BCUT2D eigenvalue weighted by Crippen LogP contribution is 2.39. The molecule has 0 aliphatic carbocycles. The molecule has 1 atom stereocenters. The summed E-state index contributed by atoms with van der Waals surface area (Å²) in [5.41, 5.74) is -3.00. The fourth-order valence-corrected chi connectivity index (χ4v) is 1.46. The molecule has 0 fully saturated rings. The summed E-state index contributed by atoms with van der Waals surface area (Å²) >= 11 is 0. The van der Waals surface area contributed by atoms with Gasteiger partial charge in [-0.25, -0.2) is 0 Å². The van der Waals surface area contributed by atoms with E-state index in [1.807, 2.05) is 0 Å². The minimum atomic E-state index is -4.79. The lowest BCUT2D eigenvalue weighted by atomic mass is 10.1. The topological polar surface area (TPSA) is 54.3 Å². The highest BCUT2D eigenvalue weighted by Gasteiger charge is 2.60. The third kappa shape index (κ3) is 2.00. The maximum absolute atomic E-state index is 12.6. The summed E-state index contributed by atoms with van der Waals surface area (Å²) < 4.78 is 47.3. The molecule has 16 heavy (non-hydrogen) atoms. The van der Waals surface area contributed by atoms with E-state index in [1.54, 1.807) is 0 Å². The first-order valence-corrected chi connectivity index (χ1v) is 4.42. The first-order valence-electron chi connectivity index (χ1n) is 4.42. The highest BCUT2D eigenvalue weighted by atomic mass is 19.4. The fraction of sp³-hybridized carbons (Fsp3) is 0.875. The van der Waals surface area contributed by atoms with Crippen molar-refractivity contribution in [3.05, 3.63) is 0 Å². The van der Waals surface area contributed by atoms with Crippen LogP contribution in [0.1, 0.15) is 6.42 Å². The van der Waals surface area contributed by atoms with Gasteiger partial charge in [-0.15, -0.1) is 0 Å². The van der Waals surface area contributed by atoms with E-state index >= 15 is 0 Å². The summed E-state index contributed by atoms with van der Waals surface area (Å²) in [7, 11) is 3.60. The van der Waals surface area contributed by atoms with Gasteiger partial charge in [0.25, 0.3) is 5.72 Å². The van der Waals surface area contributed by atoms with Gasteiger partial charge in [0.2, 0.25) is 0 Å². The second-order valence-electron chi connectivity index (χ2n) is 3.41. The Hall–Kier alpha value is -0.860. The average Bonchev–Trinajstić information content (AvgIpc) is 2.45. The van der Waals surface area contributed by atoms with Gasteiger partial charge in [-0.3, -0.25) is 5.01 Å². The molecule has 1 aliphatic heterocycles. The van der Waals surface area contributed by atoms with Crippen LogP contribution in [0, 0.1) is 0 Å². The number of nitrogens with zero attached hydrogens (tertiary/aromatic N) is 2. The number of hydrazone groups is 1. The number of ether oxygens (including phenoxy) is 2. The zero-order valence-electron chi connectivity index (χ0n) is 9.08. The van der Waals surface area contributed by atoms with Crippen molar-refractivity contribution in [1.29, 1.82) is 0 Å². The van der Waals surface area contributed by atoms with E-state index in [0.717, 1.165) is 7.05 Å². The molecule has 94 valence electrons. The van der Waals surface area contributed by atoms with Crippen LogP contribution < -0.4 is 0 Å². The third-order valence-electron chi connectivity index (χ3n) is 2.40. The maximum Gasteiger partial charge on any atom is 0.438 e. The van der Waals surface area contributed by atoms with Gasteiger partial charge >= 0.3 is 6.18 Å². The molecule has 0 saturated heterocycles. The second-order valence-corrected chi connectivity index (χ2v) is 3.41. The SMILES string of the molecule is COC(OC)C1=NN(C)C(O)(C(F)(F)F)C1. The van der Waals surface area contributed by atoms with Gasteiger partial charge in [0.15, 0.2) is 6.29 Å². The molecule has 1 N–H and O–H groups in total. The first-order chi connectivity index (χ1) is 7.26. The predicted octanol–water partition coefficient (Wildman–Crippen LogP) is 0.548. The first kappa shape index (κ1) is 13.2. The molecule has 1 heterocycles. The molecule has 1 rings (SSSR count). The number of aliphatic hydroxyl groups is 1. The summed E-state index contributed by atoms with van der Waals surface area (Å²) in [5.74, 6) is 0. The molecule has 1 aliphatic rings. The van der Waals surface area contributed by atoms with Gasteiger partial charge in [-0.05, 0) is 0 Å². The molecule has 0 aromatic heterocycles. The van der Waals surface area contributed by atoms with Crippen molar-refractivity contribution in [2.75, 3.05) is 21.3 Å². The second kappa shape index (κ2) is 4.19. The van der Waals surface area contributed by atoms with Gasteiger partial charge in [0.05, 0.1) is 12.1 Å². The summed E-state index contributed by atoms with van der Waals surface area (Å²) in [4.78, 5) is 0. The molecular weight excluding hydrogens is 229 g/mol. The van der Waals surface area contributed by atoms with Crippen LogP contribution in [0.15, 0.2) is 5.10 Å². The third-order valence-corrected chi connectivity index (χ3v) is 2.40. The molecule has 0 bridgehead atoms. The Morgan fingerprint density at radius 1 is 1.44 bits per heavy atom. The largest absolute Gasteiger partial charge is 0.438 e. The van der Waals surface area contributed by atoms with Gasteiger partial charge in [0.1, 0.15) is 0 Å². The molecule has 0 spiro atoms. The van der Waals surface area contributed by atoms with Gasteiger partial charge in [0, 0.05) is 21.3 Å². The van der Waals surface area contributed by atoms with Crippen LogP contribution in [0.4, 0.5) is 13.2 Å². The van der Waals surface area contributed by atoms with Crippen LogP contribution in [0.5, 0.6) is 0 Å². The number of halogens is 3. The quantitative estimate of drug-likeness (QED) is 0.734. The Bertz CT molecular complexity index is 291.